The SMILES string of the molecule is O=C1C[C@@H](c2cccc3nsnc23)c2c(nc3sccn23)CN1. The molecule has 8 heteroatoms. The van der Waals surface area contributed by atoms with Gasteiger partial charge in [-0.2, -0.15) is 8.75 Å². The first-order valence-electron chi connectivity index (χ1n) is 7.23. The number of carbonyl (C=O) groups excluding carboxylic acids is 1. The fraction of sp³-hybridized carbons (Fsp3) is 0.200. The van der Waals surface area contributed by atoms with Crippen molar-refractivity contribution >= 4 is 45.0 Å². The summed E-state index contributed by atoms with van der Waals surface area (Å²) in [4.78, 5) is 17.8. The Labute approximate surface area is 139 Å². The molecule has 0 saturated heterocycles. The highest BCUT2D eigenvalue weighted by atomic mass is 32.1. The topological polar surface area (TPSA) is 72.2 Å². The molecule has 0 aliphatic carbocycles. The smallest absolute Gasteiger partial charge is 0.221 e. The van der Waals surface area contributed by atoms with Crippen molar-refractivity contribution in [2.75, 3.05) is 0 Å². The summed E-state index contributed by atoms with van der Waals surface area (Å²) in [6.07, 6.45) is 2.42. The van der Waals surface area contributed by atoms with Crippen molar-refractivity contribution in [3.8, 4) is 0 Å². The number of thiazole rings is 1. The van der Waals surface area contributed by atoms with E-state index in [0.29, 0.717) is 13.0 Å². The number of aromatic nitrogens is 4. The number of hydrogen-bond donors (Lipinski definition) is 1. The molecule has 1 amide bonds. The minimum Gasteiger partial charge on any atom is -0.350 e. The van der Waals surface area contributed by atoms with E-state index in [1.165, 1.54) is 11.7 Å². The number of amides is 1. The van der Waals surface area contributed by atoms with Gasteiger partial charge in [0.1, 0.15) is 11.0 Å². The van der Waals surface area contributed by atoms with Crippen LogP contribution in [0.2, 0.25) is 0 Å². The van der Waals surface area contributed by atoms with E-state index >= 15 is 0 Å². The number of hydrogen-bond acceptors (Lipinski definition) is 6. The molecule has 114 valence electrons. The average Bonchev–Trinajstić information content (AvgIpc) is 3.23. The van der Waals surface area contributed by atoms with E-state index in [4.69, 9.17) is 0 Å². The van der Waals surface area contributed by atoms with E-state index in [2.05, 4.69) is 23.4 Å². The molecule has 0 spiro atoms. The summed E-state index contributed by atoms with van der Waals surface area (Å²) in [7, 11) is 0. The number of benzene rings is 1. The zero-order chi connectivity index (χ0) is 15.4. The monoisotopic (exact) mass is 341 g/mol. The maximum absolute atomic E-state index is 12.2. The van der Waals surface area contributed by atoms with Crippen molar-refractivity contribution < 1.29 is 4.79 Å². The molecule has 1 aliphatic rings. The Morgan fingerprint density at radius 1 is 1.30 bits per heavy atom. The van der Waals surface area contributed by atoms with E-state index in [1.54, 1.807) is 11.3 Å². The van der Waals surface area contributed by atoms with E-state index in [0.717, 1.165) is 32.9 Å². The van der Waals surface area contributed by atoms with Crippen LogP contribution in [0, 0.1) is 0 Å². The Balaban J connectivity index is 1.81. The van der Waals surface area contributed by atoms with Gasteiger partial charge in [-0.15, -0.1) is 11.3 Å². The zero-order valence-corrected chi connectivity index (χ0v) is 13.5. The number of fused-ring (bicyclic) bond motifs is 4. The third-order valence-corrected chi connectivity index (χ3v) is 5.54. The van der Waals surface area contributed by atoms with Crippen molar-refractivity contribution in [1.82, 2.24) is 23.4 Å². The molecule has 4 aromatic rings. The fourth-order valence-electron chi connectivity index (χ4n) is 3.25. The highest BCUT2D eigenvalue weighted by Gasteiger charge is 2.30. The summed E-state index contributed by atoms with van der Waals surface area (Å²) in [5.74, 6) is -0.0260. The summed E-state index contributed by atoms with van der Waals surface area (Å²) in [6, 6.07) is 5.98. The first-order chi connectivity index (χ1) is 11.3. The van der Waals surface area contributed by atoms with Crippen LogP contribution >= 0.6 is 23.1 Å². The van der Waals surface area contributed by atoms with E-state index < -0.39 is 0 Å². The van der Waals surface area contributed by atoms with Crippen LogP contribution in [-0.2, 0) is 11.3 Å². The Morgan fingerprint density at radius 3 is 3.22 bits per heavy atom. The standard InChI is InChI=1S/C15H11N5OS2/c21-12-6-9(8-2-1-3-10-13(8)19-23-18-10)14-11(7-16-12)17-15-20(14)4-5-22-15/h1-5,9H,6-7H2,(H,16,21)/t9-/m0/s1. The molecule has 0 unspecified atom stereocenters. The molecule has 1 aliphatic heterocycles. The minimum absolute atomic E-state index is 0.0390. The lowest BCUT2D eigenvalue weighted by atomic mass is 9.90. The number of rotatable bonds is 1. The number of imidazole rings is 1. The molecule has 6 nitrogen and oxygen atoms in total. The summed E-state index contributed by atoms with van der Waals surface area (Å²) in [6.45, 7) is 0.477. The predicted octanol–water partition coefficient (Wildman–Crippen LogP) is 2.55. The summed E-state index contributed by atoms with van der Waals surface area (Å²) < 4.78 is 10.9. The van der Waals surface area contributed by atoms with E-state index in [1.807, 2.05) is 29.8 Å². The van der Waals surface area contributed by atoms with Gasteiger partial charge in [-0.05, 0) is 11.6 Å². The Kier molecular flexibility index (Phi) is 2.77. The summed E-state index contributed by atoms with van der Waals surface area (Å²) in [5, 5.41) is 4.97. The lowest BCUT2D eigenvalue weighted by Gasteiger charge is -2.15. The van der Waals surface area contributed by atoms with Gasteiger partial charge in [0.05, 0.1) is 29.7 Å². The molecule has 3 aromatic heterocycles. The molecular weight excluding hydrogens is 330 g/mol. The van der Waals surface area contributed by atoms with Crippen LogP contribution < -0.4 is 5.32 Å². The average molecular weight is 341 g/mol. The van der Waals surface area contributed by atoms with Gasteiger partial charge in [0.25, 0.3) is 0 Å². The second-order valence-electron chi connectivity index (χ2n) is 5.51. The van der Waals surface area contributed by atoms with Crippen LogP contribution in [0.4, 0.5) is 0 Å². The zero-order valence-electron chi connectivity index (χ0n) is 11.9. The van der Waals surface area contributed by atoms with Crippen molar-refractivity contribution in [1.29, 1.82) is 0 Å². The Hall–Kier alpha value is -2.32. The van der Waals surface area contributed by atoms with Crippen LogP contribution in [0.25, 0.3) is 16.0 Å². The molecule has 5 rings (SSSR count). The molecule has 0 saturated carbocycles. The fourth-order valence-corrected chi connectivity index (χ4v) is 4.55. The molecule has 1 N–H and O–H groups in total. The van der Waals surface area contributed by atoms with Gasteiger partial charge in [0, 0.05) is 23.9 Å². The number of nitrogens with one attached hydrogen (secondary N) is 1. The van der Waals surface area contributed by atoms with Gasteiger partial charge in [-0.3, -0.25) is 9.20 Å². The first kappa shape index (κ1) is 13.1. The number of carbonyl (C=O) groups is 1. The van der Waals surface area contributed by atoms with E-state index in [9.17, 15) is 4.79 Å². The second kappa shape index (κ2) is 4.84. The molecular formula is C15H11N5OS2. The van der Waals surface area contributed by atoms with Gasteiger partial charge in [0.2, 0.25) is 5.91 Å². The molecule has 0 radical (unpaired) electrons. The lowest BCUT2D eigenvalue weighted by Crippen LogP contribution is -2.21. The molecule has 0 bridgehead atoms. The van der Waals surface area contributed by atoms with Crippen molar-refractivity contribution in [2.24, 2.45) is 0 Å². The van der Waals surface area contributed by atoms with Gasteiger partial charge < -0.3 is 5.32 Å². The first-order valence-corrected chi connectivity index (χ1v) is 8.84. The van der Waals surface area contributed by atoms with Gasteiger partial charge in [0.15, 0.2) is 4.96 Å². The second-order valence-corrected chi connectivity index (χ2v) is 6.91. The van der Waals surface area contributed by atoms with Crippen LogP contribution in [0.5, 0.6) is 0 Å². The lowest BCUT2D eigenvalue weighted by molar-refractivity contribution is -0.121. The molecule has 4 heterocycles. The maximum Gasteiger partial charge on any atom is 0.221 e. The molecule has 1 atom stereocenters. The van der Waals surface area contributed by atoms with Crippen molar-refractivity contribution in [3.63, 3.8) is 0 Å². The highest BCUT2D eigenvalue weighted by molar-refractivity contribution is 7.15. The Bertz CT molecular complexity index is 1050. The molecule has 0 fully saturated rings. The molecule has 1 aromatic carbocycles. The quantitative estimate of drug-likeness (QED) is 0.577. The van der Waals surface area contributed by atoms with Gasteiger partial charge in [-0.1, -0.05) is 12.1 Å². The molecule has 23 heavy (non-hydrogen) atoms. The van der Waals surface area contributed by atoms with Crippen molar-refractivity contribution in [3.05, 3.63) is 46.7 Å². The number of nitrogens with zero attached hydrogens (tertiary/aromatic N) is 4. The summed E-state index contributed by atoms with van der Waals surface area (Å²) >= 11 is 2.81. The maximum atomic E-state index is 12.2. The normalized spacial score (nSPS) is 18.1. The third kappa shape index (κ3) is 1.91. The van der Waals surface area contributed by atoms with Gasteiger partial charge in [-0.25, -0.2) is 4.98 Å². The Morgan fingerprint density at radius 2 is 2.26 bits per heavy atom. The van der Waals surface area contributed by atoms with E-state index in [-0.39, 0.29) is 11.8 Å². The van der Waals surface area contributed by atoms with Crippen LogP contribution in [0.3, 0.4) is 0 Å². The third-order valence-electron chi connectivity index (χ3n) is 4.24. The predicted molar refractivity (Wildman–Crippen MR) is 88.8 cm³/mol. The largest absolute Gasteiger partial charge is 0.350 e. The van der Waals surface area contributed by atoms with Gasteiger partial charge >= 0.3 is 0 Å². The summed E-state index contributed by atoms with van der Waals surface area (Å²) in [5.41, 5.74) is 4.83. The van der Waals surface area contributed by atoms with Crippen molar-refractivity contribution in [2.45, 2.75) is 18.9 Å². The van der Waals surface area contributed by atoms with Crippen LogP contribution in [0.15, 0.2) is 29.8 Å². The van der Waals surface area contributed by atoms with Crippen LogP contribution in [0.1, 0.15) is 29.3 Å². The minimum atomic E-state index is -0.0651. The highest BCUT2D eigenvalue weighted by Crippen LogP contribution is 2.36. The van der Waals surface area contributed by atoms with Crippen LogP contribution in [-0.4, -0.2) is 24.0 Å².